The Kier molecular flexibility index (Phi) is 4.03. The lowest BCUT2D eigenvalue weighted by atomic mass is 10.2. The van der Waals surface area contributed by atoms with Gasteiger partial charge in [0.05, 0.1) is 25.0 Å². The normalized spacial score (nSPS) is 14.1. The van der Waals surface area contributed by atoms with Crippen LogP contribution in [0.3, 0.4) is 0 Å². The van der Waals surface area contributed by atoms with Crippen molar-refractivity contribution in [2.75, 3.05) is 12.0 Å². The van der Waals surface area contributed by atoms with E-state index in [1.165, 1.54) is 5.56 Å². The molecule has 0 atom stereocenters. The van der Waals surface area contributed by atoms with Crippen LogP contribution >= 0.6 is 12.2 Å². The molecule has 0 spiro atoms. The number of hydrogen-bond acceptors (Lipinski definition) is 5. The molecule has 0 amide bonds. The maximum absolute atomic E-state index is 12.4. The SMILES string of the molecule is Cc1ccc(-n2c3c(c(=O)[nH]c2=S)CN(Cc2ccco2)CN3)cc1. The summed E-state index contributed by atoms with van der Waals surface area (Å²) >= 11 is 5.40. The molecule has 0 bridgehead atoms. The van der Waals surface area contributed by atoms with Crippen LogP contribution in [-0.4, -0.2) is 21.1 Å². The lowest BCUT2D eigenvalue weighted by molar-refractivity contribution is 0.241. The molecular formula is C18H18N4O2S. The predicted molar refractivity (Wildman–Crippen MR) is 98.4 cm³/mol. The van der Waals surface area contributed by atoms with Crippen molar-refractivity contribution < 1.29 is 4.42 Å². The van der Waals surface area contributed by atoms with Gasteiger partial charge in [0.15, 0.2) is 4.77 Å². The van der Waals surface area contributed by atoms with Gasteiger partial charge in [0.1, 0.15) is 11.6 Å². The molecule has 128 valence electrons. The maximum atomic E-state index is 12.4. The van der Waals surface area contributed by atoms with Gasteiger partial charge in [-0.3, -0.25) is 19.2 Å². The second kappa shape index (κ2) is 6.34. The van der Waals surface area contributed by atoms with Crippen molar-refractivity contribution in [2.24, 2.45) is 0 Å². The first kappa shape index (κ1) is 15.9. The third-order valence-electron chi connectivity index (χ3n) is 4.31. The summed E-state index contributed by atoms with van der Waals surface area (Å²) in [7, 11) is 0. The van der Waals surface area contributed by atoms with Gasteiger partial charge in [-0.1, -0.05) is 17.7 Å². The van der Waals surface area contributed by atoms with Crippen LogP contribution in [0.25, 0.3) is 5.69 Å². The standard InChI is InChI=1S/C18H18N4O2S/c1-12-4-6-13(7-5-12)22-16-15(17(23)20-18(22)25)10-21(11-19-16)9-14-3-2-8-24-14/h2-8,19H,9-11H2,1H3,(H,20,23,25). The van der Waals surface area contributed by atoms with E-state index in [0.717, 1.165) is 17.3 Å². The summed E-state index contributed by atoms with van der Waals surface area (Å²) in [6, 6.07) is 11.9. The van der Waals surface area contributed by atoms with E-state index >= 15 is 0 Å². The number of aryl methyl sites for hydroxylation is 1. The number of aromatic amines is 1. The Morgan fingerprint density at radius 3 is 2.76 bits per heavy atom. The minimum absolute atomic E-state index is 0.153. The smallest absolute Gasteiger partial charge is 0.258 e. The van der Waals surface area contributed by atoms with Crippen LogP contribution in [0.1, 0.15) is 16.9 Å². The lowest BCUT2D eigenvalue weighted by Gasteiger charge is -2.30. The summed E-state index contributed by atoms with van der Waals surface area (Å²) in [6.07, 6.45) is 1.66. The number of H-pyrrole nitrogens is 1. The number of nitrogens with one attached hydrogen (secondary N) is 2. The number of furan rings is 1. The van der Waals surface area contributed by atoms with Crippen LogP contribution in [0.2, 0.25) is 0 Å². The van der Waals surface area contributed by atoms with E-state index in [1.54, 1.807) is 6.26 Å². The first-order valence-corrected chi connectivity index (χ1v) is 8.46. The van der Waals surface area contributed by atoms with Crippen molar-refractivity contribution in [3.8, 4) is 5.69 Å². The Bertz CT molecular complexity index is 1000. The largest absolute Gasteiger partial charge is 0.468 e. The fourth-order valence-corrected chi connectivity index (χ4v) is 3.34. The quantitative estimate of drug-likeness (QED) is 0.707. The van der Waals surface area contributed by atoms with Gasteiger partial charge in [-0.25, -0.2) is 0 Å². The molecule has 0 unspecified atom stereocenters. The molecule has 7 heteroatoms. The first-order chi connectivity index (χ1) is 12.1. The average molecular weight is 354 g/mol. The second-order valence-corrected chi connectivity index (χ2v) is 6.55. The third kappa shape index (κ3) is 3.04. The summed E-state index contributed by atoms with van der Waals surface area (Å²) < 4.78 is 7.67. The van der Waals surface area contributed by atoms with Crippen LogP contribution in [0.4, 0.5) is 5.82 Å². The molecule has 4 rings (SSSR count). The molecule has 2 aromatic heterocycles. The summed E-state index contributed by atoms with van der Waals surface area (Å²) in [5.41, 5.74) is 2.62. The Morgan fingerprint density at radius 2 is 2.04 bits per heavy atom. The van der Waals surface area contributed by atoms with Gasteiger partial charge in [-0.15, -0.1) is 0 Å². The molecule has 0 aliphatic carbocycles. The van der Waals surface area contributed by atoms with Crippen LogP contribution < -0.4 is 10.9 Å². The predicted octanol–water partition coefficient (Wildman–Crippen LogP) is 3.18. The highest BCUT2D eigenvalue weighted by atomic mass is 32.1. The van der Waals surface area contributed by atoms with E-state index in [-0.39, 0.29) is 5.56 Å². The molecule has 3 aromatic rings. The van der Waals surface area contributed by atoms with Gasteiger partial charge in [0.2, 0.25) is 0 Å². The summed E-state index contributed by atoms with van der Waals surface area (Å²) in [4.78, 5) is 17.3. The molecule has 1 aliphatic rings. The van der Waals surface area contributed by atoms with Gasteiger partial charge >= 0.3 is 0 Å². The minimum Gasteiger partial charge on any atom is -0.468 e. The molecule has 1 aromatic carbocycles. The third-order valence-corrected chi connectivity index (χ3v) is 4.60. The number of fused-ring (bicyclic) bond motifs is 1. The second-order valence-electron chi connectivity index (χ2n) is 6.16. The Balaban J connectivity index is 1.74. The number of benzene rings is 1. The van der Waals surface area contributed by atoms with E-state index in [4.69, 9.17) is 16.6 Å². The van der Waals surface area contributed by atoms with Crippen molar-refractivity contribution >= 4 is 18.0 Å². The van der Waals surface area contributed by atoms with Gasteiger partial charge in [-0.05, 0) is 43.4 Å². The fraction of sp³-hybridized carbons (Fsp3) is 0.222. The highest BCUT2D eigenvalue weighted by Gasteiger charge is 2.23. The van der Waals surface area contributed by atoms with Crippen molar-refractivity contribution in [3.63, 3.8) is 0 Å². The Morgan fingerprint density at radius 1 is 1.24 bits per heavy atom. The summed E-state index contributed by atoms with van der Waals surface area (Å²) in [5.74, 6) is 1.63. The molecular weight excluding hydrogens is 336 g/mol. The van der Waals surface area contributed by atoms with Gasteiger partial charge in [0.25, 0.3) is 5.56 Å². The monoisotopic (exact) mass is 354 g/mol. The Labute approximate surface area is 149 Å². The van der Waals surface area contributed by atoms with Crippen LogP contribution in [0, 0.1) is 11.7 Å². The van der Waals surface area contributed by atoms with Crippen molar-refractivity contribution in [3.05, 3.63) is 74.7 Å². The maximum Gasteiger partial charge on any atom is 0.258 e. The molecule has 6 nitrogen and oxygen atoms in total. The zero-order chi connectivity index (χ0) is 17.4. The molecule has 0 radical (unpaired) electrons. The number of aromatic nitrogens is 2. The summed E-state index contributed by atoms with van der Waals surface area (Å²) in [5, 5.41) is 3.35. The van der Waals surface area contributed by atoms with Crippen LogP contribution in [-0.2, 0) is 13.1 Å². The van der Waals surface area contributed by atoms with E-state index in [0.29, 0.717) is 30.1 Å². The first-order valence-electron chi connectivity index (χ1n) is 8.05. The van der Waals surface area contributed by atoms with Crippen molar-refractivity contribution in [1.82, 2.24) is 14.5 Å². The number of anilines is 1. The minimum atomic E-state index is -0.153. The van der Waals surface area contributed by atoms with E-state index in [2.05, 4.69) is 15.2 Å². The van der Waals surface area contributed by atoms with Gasteiger partial charge in [0, 0.05) is 12.2 Å². The van der Waals surface area contributed by atoms with E-state index in [9.17, 15) is 4.79 Å². The van der Waals surface area contributed by atoms with Crippen molar-refractivity contribution in [1.29, 1.82) is 0 Å². The molecule has 2 N–H and O–H groups in total. The number of rotatable bonds is 3. The zero-order valence-electron chi connectivity index (χ0n) is 13.8. The van der Waals surface area contributed by atoms with E-state index < -0.39 is 0 Å². The fourth-order valence-electron chi connectivity index (χ4n) is 3.05. The number of nitrogens with zero attached hydrogens (tertiary/aromatic N) is 2. The van der Waals surface area contributed by atoms with Crippen molar-refractivity contribution in [2.45, 2.75) is 20.0 Å². The van der Waals surface area contributed by atoms with Crippen LogP contribution in [0.5, 0.6) is 0 Å². The average Bonchev–Trinajstić information content (AvgIpc) is 3.10. The number of hydrogen-bond donors (Lipinski definition) is 2. The summed E-state index contributed by atoms with van der Waals surface area (Å²) in [6.45, 7) is 3.81. The van der Waals surface area contributed by atoms with Crippen LogP contribution in [0.15, 0.2) is 51.9 Å². The lowest BCUT2D eigenvalue weighted by Crippen LogP contribution is -2.38. The van der Waals surface area contributed by atoms with E-state index in [1.807, 2.05) is 47.9 Å². The Hall–Kier alpha value is -2.64. The molecule has 3 heterocycles. The topological polar surface area (TPSA) is 66.2 Å². The highest BCUT2D eigenvalue weighted by molar-refractivity contribution is 7.71. The molecule has 0 fully saturated rings. The molecule has 0 saturated heterocycles. The van der Waals surface area contributed by atoms with Gasteiger partial charge < -0.3 is 9.73 Å². The highest BCUT2D eigenvalue weighted by Crippen LogP contribution is 2.24. The zero-order valence-corrected chi connectivity index (χ0v) is 14.6. The molecule has 0 saturated carbocycles. The molecule has 25 heavy (non-hydrogen) atoms. The molecule has 1 aliphatic heterocycles. The van der Waals surface area contributed by atoms with Gasteiger partial charge in [-0.2, -0.15) is 0 Å².